The zero-order valence-electron chi connectivity index (χ0n) is 11.3. The molecule has 0 spiro atoms. The van der Waals surface area contributed by atoms with Gasteiger partial charge in [0.1, 0.15) is 0 Å². The molecule has 1 unspecified atom stereocenters. The fraction of sp³-hybridized carbons (Fsp3) is 0.571. The van der Waals surface area contributed by atoms with Gasteiger partial charge < -0.3 is 20.1 Å². The Labute approximate surface area is 113 Å². The monoisotopic (exact) mass is 263 g/mol. The third-order valence-corrected chi connectivity index (χ3v) is 3.90. The molecule has 104 valence electrons. The first-order valence-electron chi connectivity index (χ1n) is 6.77. The number of piperazine rings is 1. The van der Waals surface area contributed by atoms with Crippen LogP contribution in [0.2, 0.25) is 0 Å². The van der Waals surface area contributed by atoms with E-state index in [0.29, 0.717) is 19.4 Å². The van der Waals surface area contributed by atoms with Gasteiger partial charge in [0.25, 0.3) is 0 Å². The van der Waals surface area contributed by atoms with Crippen LogP contribution >= 0.6 is 0 Å². The molecule has 1 saturated heterocycles. The quantitative estimate of drug-likeness (QED) is 0.860. The maximum Gasteiger partial charge on any atom is 0.231 e. The summed E-state index contributed by atoms with van der Waals surface area (Å²) in [7, 11) is 2.15. The van der Waals surface area contributed by atoms with Gasteiger partial charge in [0, 0.05) is 38.8 Å². The molecule has 0 bridgehead atoms. The first kappa shape index (κ1) is 12.7. The van der Waals surface area contributed by atoms with E-state index < -0.39 is 0 Å². The molecule has 19 heavy (non-hydrogen) atoms. The Bertz CT molecular complexity index is 452. The fourth-order valence-electron chi connectivity index (χ4n) is 2.75. The lowest BCUT2D eigenvalue weighted by Crippen LogP contribution is -2.54. The van der Waals surface area contributed by atoms with Gasteiger partial charge in [-0.05, 0) is 24.7 Å². The maximum absolute atomic E-state index is 5.89. The van der Waals surface area contributed by atoms with Crippen LogP contribution in [-0.2, 0) is 6.54 Å². The minimum atomic E-state index is 0.332. The van der Waals surface area contributed by atoms with Gasteiger partial charge in [0.2, 0.25) is 6.79 Å². The van der Waals surface area contributed by atoms with E-state index in [4.69, 9.17) is 15.2 Å². The van der Waals surface area contributed by atoms with Gasteiger partial charge in [-0.3, -0.25) is 4.90 Å². The van der Waals surface area contributed by atoms with E-state index in [9.17, 15) is 0 Å². The highest BCUT2D eigenvalue weighted by molar-refractivity contribution is 5.44. The molecule has 0 aromatic heterocycles. The SMILES string of the molecule is CN1CCN(Cc2ccc3c(c2)OCO3)C(CN)C1. The van der Waals surface area contributed by atoms with Crippen LogP contribution in [0.5, 0.6) is 11.5 Å². The van der Waals surface area contributed by atoms with E-state index in [0.717, 1.165) is 37.7 Å². The van der Waals surface area contributed by atoms with Crippen LogP contribution in [0.15, 0.2) is 18.2 Å². The molecule has 0 amide bonds. The van der Waals surface area contributed by atoms with Crippen molar-refractivity contribution in [3.8, 4) is 11.5 Å². The summed E-state index contributed by atoms with van der Waals surface area (Å²) in [4.78, 5) is 4.80. The van der Waals surface area contributed by atoms with E-state index in [-0.39, 0.29) is 0 Å². The number of hydrogen-bond donors (Lipinski definition) is 1. The molecule has 1 aromatic rings. The number of nitrogens with two attached hydrogens (primary N) is 1. The molecule has 3 rings (SSSR count). The summed E-state index contributed by atoms with van der Waals surface area (Å²) in [6.07, 6.45) is 0. The summed E-state index contributed by atoms with van der Waals surface area (Å²) in [6, 6.07) is 6.61. The minimum Gasteiger partial charge on any atom is -0.454 e. The van der Waals surface area contributed by atoms with E-state index >= 15 is 0 Å². The summed E-state index contributed by atoms with van der Waals surface area (Å²) in [5, 5.41) is 0. The normalized spacial score (nSPS) is 23.8. The summed E-state index contributed by atoms with van der Waals surface area (Å²) in [6.45, 7) is 5.16. The van der Waals surface area contributed by atoms with Crippen molar-refractivity contribution in [2.24, 2.45) is 5.73 Å². The Morgan fingerprint density at radius 2 is 2.11 bits per heavy atom. The third-order valence-electron chi connectivity index (χ3n) is 3.90. The number of benzene rings is 1. The van der Waals surface area contributed by atoms with Gasteiger partial charge in [-0.25, -0.2) is 0 Å². The average molecular weight is 263 g/mol. The highest BCUT2D eigenvalue weighted by Crippen LogP contribution is 2.33. The van der Waals surface area contributed by atoms with E-state index in [1.54, 1.807) is 0 Å². The van der Waals surface area contributed by atoms with Gasteiger partial charge in [0.05, 0.1) is 0 Å². The first-order valence-corrected chi connectivity index (χ1v) is 6.77. The van der Waals surface area contributed by atoms with Crippen molar-refractivity contribution < 1.29 is 9.47 Å². The van der Waals surface area contributed by atoms with Gasteiger partial charge in [-0.1, -0.05) is 6.07 Å². The minimum absolute atomic E-state index is 0.332. The first-order chi connectivity index (χ1) is 9.26. The Balaban J connectivity index is 1.70. The standard InChI is InChI=1S/C14H21N3O2/c1-16-4-5-17(12(7-15)9-16)8-11-2-3-13-14(6-11)19-10-18-13/h2-3,6,12H,4-5,7-10,15H2,1H3. The van der Waals surface area contributed by atoms with Gasteiger partial charge in [0.15, 0.2) is 11.5 Å². The highest BCUT2D eigenvalue weighted by atomic mass is 16.7. The zero-order valence-corrected chi connectivity index (χ0v) is 11.3. The van der Waals surface area contributed by atoms with Crippen molar-refractivity contribution in [1.82, 2.24) is 9.80 Å². The molecule has 1 aromatic carbocycles. The predicted octanol–water partition coefficient (Wildman–Crippen LogP) is 0.490. The van der Waals surface area contributed by atoms with Crippen molar-refractivity contribution >= 4 is 0 Å². The van der Waals surface area contributed by atoms with Crippen LogP contribution < -0.4 is 15.2 Å². The van der Waals surface area contributed by atoms with E-state index in [1.165, 1.54) is 5.56 Å². The molecular weight excluding hydrogens is 242 g/mol. The van der Waals surface area contributed by atoms with Crippen molar-refractivity contribution in [3.05, 3.63) is 23.8 Å². The fourth-order valence-corrected chi connectivity index (χ4v) is 2.75. The Morgan fingerprint density at radius 1 is 1.26 bits per heavy atom. The molecule has 2 heterocycles. The van der Waals surface area contributed by atoms with E-state index in [1.807, 2.05) is 6.07 Å². The second-order valence-corrected chi connectivity index (χ2v) is 5.31. The second-order valence-electron chi connectivity index (χ2n) is 5.31. The number of rotatable bonds is 3. The largest absolute Gasteiger partial charge is 0.454 e. The van der Waals surface area contributed by atoms with Crippen molar-refractivity contribution in [2.75, 3.05) is 40.0 Å². The lowest BCUT2D eigenvalue weighted by molar-refractivity contribution is 0.0880. The van der Waals surface area contributed by atoms with Gasteiger partial charge >= 0.3 is 0 Å². The maximum atomic E-state index is 5.89. The van der Waals surface area contributed by atoms with Crippen molar-refractivity contribution in [3.63, 3.8) is 0 Å². The van der Waals surface area contributed by atoms with Crippen LogP contribution in [0.3, 0.4) is 0 Å². The number of fused-ring (bicyclic) bond motifs is 1. The van der Waals surface area contributed by atoms with Crippen LogP contribution in [0.4, 0.5) is 0 Å². The molecule has 5 nitrogen and oxygen atoms in total. The molecule has 2 aliphatic rings. The molecule has 2 N–H and O–H groups in total. The molecule has 0 aliphatic carbocycles. The molecule has 0 saturated carbocycles. The highest BCUT2D eigenvalue weighted by Gasteiger charge is 2.24. The smallest absolute Gasteiger partial charge is 0.231 e. The molecule has 1 fully saturated rings. The Hall–Kier alpha value is -1.30. The number of likely N-dealkylation sites (N-methyl/N-ethyl adjacent to an activating group) is 1. The molecule has 0 radical (unpaired) electrons. The summed E-state index contributed by atoms with van der Waals surface area (Å²) in [5.74, 6) is 1.70. The number of nitrogens with zero attached hydrogens (tertiary/aromatic N) is 2. The topological polar surface area (TPSA) is 51.0 Å². The van der Waals surface area contributed by atoms with Gasteiger partial charge in [-0.2, -0.15) is 0 Å². The van der Waals surface area contributed by atoms with Crippen molar-refractivity contribution in [2.45, 2.75) is 12.6 Å². The zero-order chi connectivity index (χ0) is 13.2. The number of ether oxygens (including phenoxy) is 2. The van der Waals surface area contributed by atoms with E-state index in [2.05, 4.69) is 29.0 Å². The van der Waals surface area contributed by atoms with Crippen LogP contribution in [0.1, 0.15) is 5.56 Å². The molecule has 5 heteroatoms. The van der Waals surface area contributed by atoms with Crippen LogP contribution in [0, 0.1) is 0 Å². The summed E-state index contributed by atoms with van der Waals surface area (Å²) >= 11 is 0. The van der Waals surface area contributed by atoms with Crippen molar-refractivity contribution in [1.29, 1.82) is 0 Å². The molecule has 1 atom stereocenters. The lowest BCUT2D eigenvalue weighted by atomic mass is 10.1. The number of hydrogen-bond acceptors (Lipinski definition) is 5. The second kappa shape index (κ2) is 5.36. The van der Waals surface area contributed by atoms with Crippen LogP contribution in [-0.4, -0.2) is 55.9 Å². The van der Waals surface area contributed by atoms with Gasteiger partial charge in [-0.15, -0.1) is 0 Å². The molecule has 2 aliphatic heterocycles. The summed E-state index contributed by atoms with van der Waals surface area (Å²) < 4.78 is 10.8. The molecular formula is C14H21N3O2. The predicted molar refractivity (Wildman–Crippen MR) is 73.3 cm³/mol. The Morgan fingerprint density at radius 3 is 2.95 bits per heavy atom. The Kier molecular flexibility index (Phi) is 3.59. The lowest BCUT2D eigenvalue weighted by Gasteiger charge is -2.39. The average Bonchev–Trinajstić information content (AvgIpc) is 2.88. The third kappa shape index (κ3) is 2.68. The van der Waals surface area contributed by atoms with Crippen LogP contribution in [0.25, 0.3) is 0 Å². The summed E-state index contributed by atoms with van der Waals surface area (Å²) in [5.41, 5.74) is 7.14.